The van der Waals surface area contributed by atoms with Crippen LogP contribution in [-0.2, 0) is 9.53 Å². The van der Waals surface area contributed by atoms with E-state index in [-0.39, 0.29) is 30.9 Å². The fraction of sp³-hybridized carbons (Fsp3) is 0.364. The quantitative estimate of drug-likeness (QED) is 0.460. The average Bonchev–Trinajstić information content (AvgIpc) is 3.44. The Labute approximate surface area is 191 Å². The van der Waals surface area contributed by atoms with Crippen LogP contribution in [0.4, 0.5) is 18.3 Å². The number of benzene rings is 2. The summed E-state index contributed by atoms with van der Waals surface area (Å²) >= 11 is 1.10. The maximum atomic E-state index is 13.1. The van der Waals surface area contributed by atoms with Gasteiger partial charge >= 0.3 is 6.36 Å². The Balaban J connectivity index is 1.53. The van der Waals surface area contributed by atoms with Crippen molar-refractivity contribution >= 4 is 32.6 Å². The van der Waals surface area contributed by atoms with E-state index in [1.807, 2.05) is 0 Å². The smallest absolute Gasteiger partial charge is 0.497 e. The van der Waals surface area contributed by atoms with Gasteiger partial charge in [-0.2, -0.15) is 0 Å². The molecule has 2 aromatic carbocycles. The summed E-state index contributed by atoms with van der Waals surface area (Å²) in [7, 11) is 1.55. The van der Waals surface area contributed by atoms with E-state index in [1.165, 1.54) is 23.1 Å². The van der Waals surface area contributed by atoms with Crippen LogP contribution in [0.5, 0.6) is 17.2 Å². The van der Waals surface area contributed by atoms with Crippen molar-refractivity contribution in [2.45, 2.75) is 25.3 Å². The van der Waals surface area contributed by atoms with E-state index in [0.717, 1.165) is 24.2 Å². The molecule has 1 aliphatic rings. The summed E-state index contributed by atoms with van der Waals surface area (Å²) in [6.07, 6.45) is -3.24. The maximum Gasteiger partial charge on any atom is 0.573 e. The number of thiazole rings is 1. The van der Waals surface area contributed by atoms with Crippen LogP contribution in [0.1, 0.15) is 12.8 Å². The zero-order chi connectivity index (χ0) is 23.4. The molecular weight excluding hydrogens is 461 g/mol. The number of aromatic nitrogens is 1. The molecule has 0 N–H and O–H groups in total. The van der Waals surface area contributed by atoms with E-state index in [2.05, 4.69) is 9.72 Å². The molecular formula is C22H21F3N2O5S. The molecule has 1 aromatic heterocycles. The second-order valence-electron chi connectivity index (χ2n) is 7.28. The van der Waals surface area contributed by atoms with Crippen molar-refractivity contribution in [2.24, 2.45) is 0 Å². The first-order valence-electron chi connectivity index (χ1n) is 10.2. The fourth-order valence-electron chi connectivity index (χ4n) is 3.38. The third-order valence-electron chi connectivity index (χ3n) is 4.95. The Morgan fingerprint density at radius 2 is 1.91 bits per heavy atom. The fourth-order valence-corrected chi connectivity index (χ4v) is 4.40. The van der Waals surface area contributed by atoms with Gasteiger partial charge < -0.3 is 18.9 Å². The lowest BCUT2D eigenvalue weighted by molar-refractivity contribution is -0.274. The SMILES string of the molecule is COc1ccc(OCC(=O)N(CC2CCCO2)c2nc3ccc(OC(F)(F)F)cc3s2)cc1. The average molecular weight is 482 g/mol. The van der Waals surface area contributed by atoms with E-state index in [0.29, 0.717) is 33.5 Å². The molecule has 1 saturated heterocycles. The van der Waals surface area contributed by atoms with Crippen molar-refractivity contribution in [3.05, 3.63) is 42.5 Å². The van der Waals surface area contributed by atoms with Crippen molar-refractivity contribution < 1.29 is 36.9 Å². The molecule has 7 nitrogen and oxygen atoms in total. The molecule has 3 aromatic rings. The number of nitrogens with zero attached hydrogens (tertiary/aromatic N) is 2. The summed E-state index contributed by atoms with van der Waals surface area (Å²) in [6.45, 7) is 0.654. The van der Waals surface area contributed by atoms with Crippen LogP contribution in [0, 0.1) is 0 Å². The van der Waals surface area contributed by atoms with Gasteiger partial charge in [-0.25, -0.2) is 4.98 Å². The molecule has 1 aliphatic heterocycles. The number of anilines is 1. The third-order valence-corrected chi connectivity index (χ3v) is 5.99. The molecule has 0 aliphatic carbocycles. The highest BCUT2D eigenvalue weighted by molar-refractivity contribution is 7.22. The second kappa shape index (κ2) is 9.84. The summed E-state index contributed by atoms with van der Waals surface area (Å²) < 4.78 is 58.5. The molecule has 0 spiro atoms. The van der Waals surface area contributed by atoms with Gasteiger partial charge in [0.1, 0.15) is 17.2 Å². The Morgan fingerprint density at radius 1 is 1.18 bits per heavy atom. The van der Waals surface area contributed by atoms with Gasteiger partial charge in [-0.3, -0.25) is 9.69 Å². The van der Waals surface area contributed by atoms with E-state index >= 15 is 0 Å². The molecule has 0 saturated carbocycles. The number of fused-ring (bicyclic) bond motifs is 1. The van der Waals surface area contributed by atoms with Crippen LogP contribution in [-0.4, -0.2) is 50.2 Å². The third kappa shape index (κ3) is 6.05. The summed E-state index contributed by atoms with van der Waals surface area (Å²) in [4.78, 5) is 19.0. The standard InChI is InChI=1S/C22H21F3N2O5S/c1-29-14-4-6-15(7-5-14)31-13-20(28)27(12-17-3-2-10-30-17)21-26-18-9-8-16(11-19(18)33-21)32-22(23,24)25/h4-9,11,17H,2-3,10,12-13H2,1H3. The minimum Gasteiger partial charge on any atom is -0.497 e. The lowest BCUT2D eigenvalue weighted by atomic mass is 10.2. The van der Waals surface area contributed by atoms with E-state index in [4.69, 9.17) is 14.2 Å². The molecule has 0 bridgehead atoms. The van der Waals surface area contributed by atoms with Crippen LogP contribution in [0.3, 0.4) is 0 Å². The van der Waals surface area contributed by atoms with Crippen LogP contribution in [0.25, 0.3) is 10.2 Å². The highest BCUT2D eigenvalue weighted by Crippen LogP contribution is 2.34. The predicted molar refractivity (Wildman–Crippen MR) is 116 cm³/mol. The van der Waals surface area contributed by atoms with Crippen LogP contribution < -0.4 is 19.1 Å². The van der Waals surface area contributed by atoms with Gasteiger partial charge in [-0.05, 0) is 49.2 Å². The molecule has 176 valence electrons. The van der Waals surface area contributed by atoms with Crippen molar-refractivity contribution in [1.82, 2.24) is 4.98 Å². The minimum absolute atomic E-state index is 0.147. The van der Waals surface area contributed by atoms with Gasteiger partial charge in [0.25, 0.3) is 5.91 Å². The number of ether oxygens (including phenoxy) is 4. The number of hydrogen-bond donors (Lipinski definition) is 0. The first kappa shape index (κ1) is 23.1. The van der Waals surface area contributed by atoms with Crippen LogP contribution in [0.2, 0.25) is 0 Å². The summed E-state index contributed by atoms with van der Waals surface area (Å²) in [6, 6.07) is 10.7. The molecule has 11 heteroatoms. The molecule has 4 rings (SSSR count). The van der Waals surface area contributed by atoms with Gasteiger partial charge in [-0.15, -0.1) is 13.2 Å². The number of halogens is 3. The molecule has 33 heavy (non-hydrogen) atoms. The minimum atomic E-state index is -4.79. The van der Waals surface area contributed by atoms with Gasteiger partial charge in [0.2, 0.25) is 0 Å². The van der Waals surface area contributed by atoms with Crippen molar-refractivity contribution in [3.8, 4) is 17.2 Å². The number of amides is 1. The van der Waals surface area contributed by atoms with Gasteiger partial charge in [-0.1, -0.05) is 11.3 Å². The van der Waals surface area contributed by atoms with E-state index < -0.39 is 6.36 Å². The monoisotopic (exact) mass is 482 g/mol. The van der Waals surface area contributed by atoms with Crippen LogP contribution in [0.15, 0.2) is 42.5 Å². The number of hydrogen-bond acceptors (Lipinski definition) is 7. The summed E-state index contributed by atoms with van der Waals surface area (Å²) in [5, 5.41) is 0.355. The Kier molecular flexibility index (Phi) is 6.89. The first-order chi connectivity index (χ1) is 15.8. The van der Waals surface area contributed by atoms with Crippen LogP contribution >= 0.6 is 11.3 Å². The van der Waals surface area contributed by atoms with Crippen molar-refractivity contribution in [1.29, 1.82) is 0 Å². The van der Waals surface area contributed by atoms with Gasteiger partial charge in [0, 0.05) is 12.7 Å². The summed E-state index contributed by atoms with van der Waals surface area (Å²) in [5.74, 6) is 0.480. The second-order valence-corrected chi connectivity index (χ2v) is 8.29. The maximum absolute atomic E-state index is 13.1. The first-order valence-corrected chi connectivity index (χ1v) is 11.0. The molecule has 0 radical (unpaired) electrons. The van der Waals surface area contributed by atoms with E-state index in [1.54, 1.807) is 31.4 Å². The topological polar surface area (TPSA) is 70.1 Å². The Hall–Kier alpha value is -3.05. The van der Waals surface area contributed by atoms with E-state index in [9.17, 15) is 18.0 Å². The summed E-state index contributed by atoms with van der Waals surface area (Å²) in [5.41, 5.74) is 0.464. The number of carbonyl (C=O) groups excluding carboxylic acids is 1. The highest BCUT2D eigenvalue weighted by atomic mass is 32.1. The Bertz CT molecular complexity index is 1100. The molecule has 1 fully saturated rings. The largest absolute Gasteiger partial charge is 0.573 e. The highest BCUT2D eigenvalue weighted by Gasteiger charge is 2.31. The van der Waals surface area contributed by atoms with Crippen molar-refractivity contribution in [3.63, 3.8) is 0 Å². The number of alkyl halides is 3. The lowest BCUT2D eigenvalue weighted by Crippen LogP contribution is -2.40. The van der Waals surface area contributed by atoms with Crippen molar-refractivity contribution in [2.75, 3.05) is 31.8 Å². The van der Waals surface area contributed by atoms with Gasteiger partial charge in [0.15, 0.2) is 11.7 Å². The number of rotatable bonds is 8. The number of carbonyl (C=O) groups is 1. The molecule has 1 amide bonds. The normalized spacial score (nSPS) is 16.1. The molecule has 2 heterocycles. The zero-order valence-corrected chi connectivity index (χ0v) is 18.4. The number of methoxy groups -OCH3 is 1. The molecule has 1 atom stereocenters. The Morgan fingerprint density at radius 3 is 2.58 bits per heavy atom. The lowest BCUT2D eigenvalue weighted by Gasteiger charge is -2.23. The predicted octanol–water partition coefficient (Wildman–Crippen LogP) is 4.79. The molecule has 1 unspecified atom stereocenters. The zero-order valence-electron chi connectivity index (χ0n) is 17.6. The van der Waals surface area contributed by atoms with Gasteiger partial charge in [0.05, 0.1) is 30.0 Å².